The minimum absolute atomic E-state index is 0.0595. The van der Waals surface area contributed by atoms with Crippen LogP contribution >= 0.6 is 11.5 Å². The Labute approximate surface area is 199 Å². The first kappa shape index (κ1) is 26.3. The van der Waals surface area contributed by atoms with Crippen LogP contribution in [0.1, 0.15) is 71.8 Å². The van der Waals surface area contributed by atoms with Gasteiger partial charge >= 0.3 is 0 Å². The number of nitrogens with one attached hydrogen (secondary N) is 1. The van der Waals surface area contributed by atoms with Crippen molar-refractivity contribution < 1.29 is 14.4 Å². The van der Waals surface area contributed by atoms with Crippen molar-refractivity contribution in [1.82, 2.24) is 9.69 Å². The Balaban J connectivity index is 2.58. The van der Waals surface area contributed by atoms with Gasteiger partial charge in [-0.25, -0.2) is 0 Å². The molecule has 1 heterocycles. The normalized spacial score (nSPS) is 12.1. The van der Waals surface area contributed by atoms with Crippen LogP contribution < -0.4 is 21.7 Å². The van der Waals surface area contributed by atoms with Gasteiger partial charge in [0.15, 0.2) is 5.69 Å². The fourth-order valence-electron chi connectivity index (χ4n) is 3.61. The predicted molar refractivity (Wildman–Crippen MR) is 133 cm³/mol. The van der Waals surface area contributed by atoms with E-state index in [4.69, 9.17) is 11.5 Å². The van der Waals surface area contributed by atoms with E-state index in [1.165, 1.54) is 4.90 Å². The molecule has 5 N–H and O–H groups in total. The molecule has 1 aromatic carbocycles. The van der Waals surface area contributed by atoms with Gasteiger partial charge in [-0.05, 0) is 61.7 Å². The van der Waals surface area contributed by atoms with E-state index in [9.17, 15) is 14.4 Å². The van der Waals surface area contributed by atoms with E-state index >= 15 is 0 Å². The van der Waals surface area contributed by atoms with Crippen molar-refractivity contribution in [2.75, 3.05) is 17.2 Å². The Bertz CT molecular complexity index is 1020. The van der Waals surface area contributed by atoms with E-state index < -0.39 is 17.9 Å². The minimum atomic E-state index is -0.800. The maximum absolute atomic E-state index is 13.8. The largest absolute Gasteiger partial charge is 0.395 e. The van der Waals surface area contributed by atoms with Crippen molar-refractivity contribution in [3.05, 3.63) is 39.9 Å². The number of hydrogen-bond acceptors (Lipinski definition) is 6. The molecule has 180 valence electrons. The number of benzene rings is 1. The van der Waals surface area contributed by atoms with Crippen molar-refractivity contribution in [3.63, 3.8) is 0 Å². The Kier molecular flexibility index (Phi) is 8.99. The smallest absolute Gasteiger partial charge is 0.272 e. The maximum Gasteiger partial charge on any atom is 0.272 e. The van der Waals surface area contributed by atoms with Crippen LogP contribution in [0, 0.1) is 25.7 Å². The SMILES string of the molecule is Cc1ccc(N(C(=O)c2snc(C(N)=O)c2N)[C@@H](CC(C)C)C(=O)NCCC(C)C)c(C)c1. The number of nitrogens with zero attached hydrogens (tertiary/aromatic N) is 2. The Morgan fingerprint density at radius 3 is 2.30 bits per heavy atom. The van der Waals surface area contributed by atoms with E-state index in [0.29, 0.717) is 24.6 Å². The van der Waals surface area contributed by atoms with Gasteiger partial charge in [-0.3, -0.25) is 19.3 Å². The molecule has 2 rings (SSSR count). The summed E-state index contributed by atoms with van der Waals surface area (Å²) in [5.41, 5.74) is 13.7. The molecule has 0 radical (unpaired) electrons. The molecule has 8 nitrogen and oxygen atoms in total. The number of nitrogen functional groups attached to an aromatic ring is 1. The molecular formula is C24H35N5O3S. The van der Waals surface area contributed by atoms with Crippen molar-refractivity contribution in [1.29, 1.82) is 0 Å². The lowest BCUT2D eigenvalue weighted by molar-refractivity contribution is -0.122. The second-order valence-electron chi connectivity index (χ2n) is 9.22. The number of carbonyl (C=O) groups excluding carboxylic acids is 3. The molecular weight excluding hydrogens is 438 g/mol. The molecule has 0 fully saturated rings. The number of carbonyl (C=O) groups is 3. The van der Waals surface area contributed by atoms with E-state index in [1.807, 2.05) is 45.9 Å². The highest BCUT2D eigenvalue weighted by molar-refractivity contribution is 7.09. The summed E-state index contributed by atoms with van der Waals surface area (Å²) in [7, 11) is 0. The van der Waals surface area contributed by atoms with Crippen LogP contribution in [0.15, 0.2) is 18.2 Å². The summed E-state index contributed by atoms with van der Waals surface area (Å²) >= 11 is 0.816. The summed E-state index contributed by atoms with van der Waals surface area (Å²) in [6.45, 7) is 12.6. The third-order valence-corrected chi connectivity index (χ3v) is 6.17. The topological polar surface area (TPSA) is 131 Å². The van der Waals surface area contributed by atoms with Crippen LogP contribution in [0.4, 0.5) is 11.4 Å². The van der Waals surface area contributed by atoms with E-state index in [1.54, 1.807) is 0 Å². The lowest BCUT2D eigenvalue weighted by atomic mass is 9.98. The standard InChI is InChI=1S/C24H35N5O3S/c1-13(2)9-10-27-23(31)18(11-14(3)4)29(17-8-7-15(5)12-16(17)6)24(32)21-19(25)20(22(26)30)28-33-21/h7-8,12-14,18H,9-11,25H2,1-6H3,(H2,26,30)(H,27,31)/t18-/m0/s1. The van der Waals surface area contributed by atoms with E-state index in [0.717, 1.165) is 29.1 Å². The molecule has 9 heteroatoms. The number of anilines is 2. The van der Waals surface area contributed by atoms with Gasteiger partial charge in [-0.2, -0.15) is 4.37 Å². The summed E-state index contributed by atoms with van der Waals surface area (Å²) in [4.78, 5) is 40.4. The fraction of sp³-hybridized carbons (Fsp3) is 0.500. The molecule has 0 saturated carbocycles. The van der Waals surface area contributed by atoms with Gasteiger partial charge in [0.25, 0.3) is 11.8 Å². The van der Waals surface area contributed by atoms with Crippen LogP contribution in [0.2, 0.25) is 0 Å². The highest BCUT2D eigenvalue weighted by atomic mass is 32.1. The van der Waals surface area contributed by atoms with Crippen molar-refractivity contribution in [3.8, 4) is 0 Å². The van der Waals surface area contributed by atoms with E-state index in [-0.39, 0.29) is 28.1 Å². The first-order valence-corrected chi connectivity index (χ1v) is 11.9. The molecule has 0 aliphatic rings. The Morgan fingerprint density at radius 2 is 1.79 bits per heavy atom. The zero-order chi connectivity index (χ0) is 24.9. The highest BCUT2D eigenvalue weighted by Gasteiger charge is 2.35. The molecule has 0 unspecified atom stereocenters. The van der Waals surface area contributed by atoms with Gasteiger partial charge in [-0.15, -0.1) is 0 Å². The molecule has 0 aliphatic carbocycles. The summed E-state index contributed by atoms with van der Waals surface area (Å²) in [6.07, 6.45) is 1.29. The first-order chi connectivity index (χ1) is 15.4. The van der Waals surface area contributed by atoms with Gasteiger partial charge in [-0.1, -0.05) is 45.4 Å². The Hall–Kier alpha value is -2.94. The predicted octanol–water partition coefficient (Wildman–Crippen LogP) is 3.66. The van der Waals surface area contributed by atoms with Crippen molar-refractivity contribution in [2.24, 2.45) is 17.6 Å². The van der Waals surface area contributed by atoms with Crippen LogP contribution in [-0.4, -0.2) is 34.7 Å². The number of rotatable bonds is 10. The molecule has 1 atom stereocenters. The number of nitrogens with two attached hydrogens (primary N) is 2. The highest BCUT2D eigenvalue weighted by Crippen LogP contribution is 2.31. The van der Waals surface area contributed by atoms with Crippen LogP contribution in [-0.2, 0) is 4.79 Å². The zero-order valence-electron chi connectivity index (χ0n) is 20.3. The number of amides is 3. The van der Waals surface area contributed by atoms with Crippen molar-refractivity contribution in [2.45, 2.75) is 60.4 Å². The van der Waals surface area contributed by atoms with Gasteiger partial charge < -0.3 is 16.8 Å². The molecule has 0 aliphatic heterocycles. The second kappa shape index (κ2) is 11.3. The van der Waals surface area contributed by atoms with Gasteiger partial charge in [0.2, 0.25) is 5.91 Å². The summed E-state index contributed by atoms with van der Waals surface area (Å²) < 4.78 is 3.98. The molecule has 1 aromatic heterocycles. The molecule has 2 aromatic rings. The summed E-state index contributed by atoms with van der Waals surface area (Å²) in [6, 6.07) is 4.94. The molecule has 0 saturated heterocycles. The number of aromatic nitrogens is 1. The lowest BCUT2D eigenvalue weighted by Crippen LogP contribution is -2.51. The summed E-state index contributed by atoms with van der Waals surface area (Å²) in [5.74, 6) is -0.918. The number of primary amides is 1. The fourth-order valence-corrected chi connectivity index (χ4v) is 4.35. The zero-order valence-corrected chi connectivity index (χ0v) is 21.1. The minimum Gasteiger partial charge on any atom is -0.395 e. The quantitative estimate of drug-likeness (QED) is 0.484. The average molecular weight is 474 g/mol. The lowest BCUT2D eigenvalue weighted by Gasteiger charge is -2.33. The Morgan fingerprint density at radius 1 is 1.12 bits per heavy atom. The van der Waals surface area contributed by atoms with Gasteiger partial charge in [0.05, 0.1) is 5.69 Å². The van der Waals surface area contributed by atoms with Crippen LogP contribution in [0.5, 0.6) is 0 Å². The third-order valence-electron chi connectivity index (χ3n) is 5.32. The molecule has 3 amide bonds. The van der Waals surface area contributed by atoms with Crippen LogP contribution in [0.25, 0.3) is 0 Å². The van der Waals surface area contributed by atoms with Gasteiger partial charge in [0.1, 0.15) is 10.9 Å². The monoisotopic (exact) mass is 473 g/mol. The summed E-state index contributed by atoms with van der Waals surface area (Å²) in [5, 5.41) is 2.99. The molecule has 0 bridgehead atoms. The van der Waals surface area contributed by atoms with Gasteiger partial charge in [0, 0.05) is 12.2 Å². The third kappa shape index (κ3) is 6.54. The first-order valence-electron chi connectivity index (χ1n) is 11.2. The van der Waals surface area contributed by atoms with E-state index in [2.05, 4.69) is 23.5 Å². The number of aryl methyl sites for hydroxylation is 2. The van der Waals surface area contributed by atoms with Crippen LogP contribution in [0.3, 0.4) is 0 Å². The molecule has 33 heavy (non-hydrogen) atoms. The maximum atomic E-state index is 13.8. The number of hydrogen-bond donors (Lipinski definition) is 3. The average Bonchev–Trinajstić information content (AvgIpc) is 3.09. The second-order valence-corrected chi connectivity index (χ2v) is 10.00. The van der Waals surface area contributed by atoms with Crippen molar-refractivity contribution >= 4 is 40.6 Å². The molecule has 0 spiro atoms.